The van der Waals surface area contributed by atoms with Crippen molar-refractivity contribution in [1.29, 1.82) is 0 Å². The van der Waals surface area contributed by atoms with E-state index in [1.807, 2.05) is 4.68 Å². The Labute approximate surface area is 108 Å². The summed E-state index contributed by atoms with van der Waals surface area (Å²) >= 11 is 0. The third-order valence-corrected chi connectivity index (χ3v) is 3.98. The molecule has 0 aliphatic carbocycles. The number of rotatable bonds is 3. The molecule has 1 aromatic heterocycles. The predicted octanol–water partition coefficient (Wildman–Crippen LogP) is 0.614. The lowest BCUT2D eigenvalue weighted by Gasteiger charge is -2.25. The quantitative estimate of drug-likeness (QED) is 0.854. The van der Waals surface area contributed by atoms with Crippen molar-refractivity contribution in [3.63, 3.8) is 0 Å². The van der Waals surface area contributed by atoms with Crippen LogP contribution in [0.2, 0.25) is 0 Å². The molecule has 2 aliphatic rings. The van der Waals surface area contributed by atoms with Crippen LogP contribution in [0.4, 0.5) is 0 Å². The molecule has 0 amide bonds. The van der Waals surface area contributed by atoms with E-state index < -0.39 is 0 Å². The van der Waals surface area contributed by atoms with E-state index in [1.54, 1.807) is 0 Å². The fourth-order valence-electron chi connectivity index (χ4n) is 2.89. The Hall–Kier alpha value is -0.940. The summed E-state index contributed by atoms with van der Waals surface area (Å²) in [6.07, 6.45) is 6.43. The van der Waals surface area contributed by atoms with Crippen molar-refractivity contribution in [2.45, 2.75) is 51.2 Å². The van der Waals surface area contributed by atoms with E-state index in [-0.39, 0.29) is 6.10 Å². The second-order valence-corrected chi connectivity index (χ2v) is 5.47. The molecule has 1 N–H and O–H groups in total. The molecule has 2 aliphatic heterocycles. The number of aliphatic hydroxyl groups is 1. The molecule has 3 heterocycles. The van der Waals surface area contributed by atoms with Gasteiger partial charge in [-0.1, -0.05) is 6.42 Å². The van der Waals surface area contributed by atoms with E-state index in [0.717, 1.165) is 37.5 Å². The zero-order chi connectivity index (χ0) is 12.4. The van der Waals surface area contributed by atoms with Crippen LogP contribution in [0.3, 0.4) is 0 Å². The Morgan fingerprint density at radius 3 is 2.89 bits per heavy atom. The standard InChI is InChI=1S/C13H22N4O/c18-11-4-5-13-14-12(15-17(13)10-11)6-9-16-7-2-1-3-8-16/h11,18H,1-10H2. The maximum Gasteiger partial charge on any atom is 0.152 e. The number of hydrogen-bond donors (Lipinski definition) is 1. The van der Waals surface area contributed by atoms with Gasteiger partial charge in [0, 0.05) is 19.4 Å². The molecule has 1 saturated heterocycles. The maximum absolute atomic E-state index is 9.60. The summed E-state index contributed by atoms with van der Waals surface area (Å²) < 4.78 is 1.89. The number of piperidine rings is 1. The minimum absolute atomic E-state index is 0.242. The number of aryl methyl sites for hydroxylation is 1. The number of aliphatic hydroxyl groups excluding tert-OH is 1. The molecule has 0 radical (unpaired) electrons. The van der Waals surface area contributed by atoms with Gasteiger partial charge in [0.2, 0.25) is 0 Å². The van der Waals surface area contributed by atoms with Crippen molar-refractivity contribution in [1.82, 2.24) is 19.7 Å². The van der Waals surface area contributed by atoms with Crippen LogP contribution < -0.4 is 0 Å². The summed E-state index contributed by atoms with van der Waals surface area (Å²) in [6.45, 7) is 4.15. The molecule has 0 aromatic carbocycles. The number of likely N-dealkylation sites (tertiary alicyclic amines) is 1. The summed E-state index contributed by atoms with van der Waals surface area (Å²) in [5.74, 6) is 2.00. The Morgan fingerprint density at radius 2 is 2.06 bits per heavy atom. The summed E-state index contributed by atoms with van der Waals surface area (Å²) in [4.78, 5) is 7.10. The van der Waals surface area contributed by atoms with Gasteiger partial charge in [-0.25, -0.2) is 9.67 Å². The van der Waals surface area contributed by atoms with Crippen molar-refractivity contribution in [2.24, 2.45) is 0 Å². The molecule has 1 atom stereocenters. The minimum Gasteiger partial charge on any atom is -0.391 e. The Morgan fingerprint density at radius 1 is 1.22 bits per heavy atom. The lowest BCUT2D eigenvalue weighted by atomic mass is 10.1. The highest BCUT2D eigenvalue weighted by atomic mass is 16.3. The van der Waals surface area contributed by atoms with Gasteiger partial charge >= 0.3 is 0 Å². The largest absolute Gasteiger partial charge is 0.391 e. The van der Waals surface area contributed by atoms with Crippen molar-refractivity contribution in [3.05, 3.63) is 11.6 Å². The number of hydrogen-bond acceptors (Lipinski definition) is 4. The average Bonchev–Trinajstić information content (AvgIpc) is 2.79. The molecule has 1 fully saturated rings. The van der Waals surface area contributed by atoms with E-state index in [1.165, 1.54) is 32.4 Å². The zero-order valence-electron chi connectivity index (χ0n) is 10.9. The molecular weight excluding hydrogens is 228 g/mol. The average molecular weight is 250 g/mol. The SMILES string of the molecule is OC1CCc2nc(CCN3CCCCC3)nn2C1. The van der Waals surface area contributed by atoms with Crippen molar-refractivity contribution in [2.75, 3.05) is 19.6 Å². The van der Waals surface area contributed by atoms with Crippen LogP contribution in [0.25, 0.3) is 0 Å². The van der Waals surface area contributed by atoms with Gasteiger partial charge < -0.3 is 10.0 Å². The third kappa shape index (κ3) is 2.72. The summed E-state index contributed by atoms with van der Waals surface area (Å²) in [6, 6.07) is 0. The van der Waals surface area contributed by atoms with Gasteiger partial charge in [0.25, 0.3) is 0 Å². The van der Waals surface area contributed by atoms with Crippen molar-refractivity contribution >= 4 is 0 Å². The first-order valence-corrected chi connectivity index (χ1v) is 7.14. The lowest BCUT2D eigenvalue weighted by Crippen LogP contribution is -2.31. The molecule has 0 bridgehead atoms. The molecule has 5 heteroatoms. The van der Waals surface area contributed by atoms with Gasteiger partial charge in [0.1, 0.15) is 5.82 Å². The van der Waals surface area contributed by atoms with Crippen LogP contribution in [0, 0.1) is 0 Å². The summed E-state index contributed by atoms with van der Waals surface area (Å²) in [5, 5.41) is 14.1. The molecule has 1 unspecified atom stereocenters. The molecule has 1 aromatic rings. The molecule has 0 spiro atoms. The van der Waals surface area contributed by atoms with E-state index in [9.17, 15) is 5.11 Å². The Bertz CT molecular complexity index is 398. The number of aromatic nitrogens is 3. The van der Waals surface area contributed by atoms with Crippen LogP contribution in [0.15, 0.2) is 0 Å². The molecule has 3 rings (SSSR count). The smallest absolute Gasteiger partial charge is 0.152 e. The summed E-state index contributed by atoms with van der Waals surface area (Å²) in [5.41, 5.74) is 0. The highest BCUT2D eigenvalue weighted by molar-refractivity contribution is 4.97. The lowest BCUT2D eigenvalue weighted by molar-refractivity contribution is 0.124. The van der Waals surface area contributed by atoms with Crippen LogP contribution in [0.1, 0.15) is 37.3 Å². The first-order chi connectivity index (χ1) is 8.81. The maximum atomic E-state index is 9.60. The first kappa shape index (κ1) is 12.1. The number of fused-ring (bicyclic) bond motifs is 1. The molecule has 18 heavy (non-hydrogen) atoms. The molecule has 5 nitrogen and oxygen atoms in total. The second kappa shape index (κ2) is 5.36. The van der Waals surface area contributed by atoms with E-state index >= 15 is 0 Å². The zero-order valence-corrected chi connectivity index (χ0v) is 10.9. The summed E-state index contributed by atoms with van der Waals surface area (Å²) in [7, 11) is 0. The molecule has 100 valence electrons. The van der Waals surface area contributed by atoms with E-state index in [4.69, 9.17) is 0 Å². The Balaban J connectivity index is 1.56. The number of nitrogens with zero attached hydrogens (tertiary/aromatic N) is 4. The highest BCUT2D eigenvalue weighted by Gasteiger charge is 2.20. The van der Waals surface area contributed by atoms with Crippen LogP contribution in [-0.4, -0.2) is 50.5 Å². The molecule has 0 saturated carbocycles. The van der Waals surface area contributed by atoms with Gasteiger partial charge in [-0.2, -0.15) is 5.10 Å². The van der Waals surface area contributed by atoms with E-state index in [0.29, 0.717) is 6.54 Å². The van der Waals surface area contributed by atoms with Gasteiger partial charge in [-0.05, 0) is 32.4 Å². The fraction of sp³-hybridized carbons (Fsp3) is 0.846. The molecular formula is C13H22N4O. The van der Waals surface area contributed by atoms with Crippen molar-refractivity contribution in [3.8, 4) is 0 Å². The van der Waals surface area contributed by atoms with Crippen LogP contribution >= 0.6 is 0 Å². The van der Waals surface area contributed by atoms with Crippen LogP contribution in [0.5, 0.6) is 0 Å². The normalized spacial score (nSPS) is 25.1. The van der Waals surface area contributed by atoms with Gasteiger partial charge in [-0.15, -0.1) is 0 Å². The van der Waals surface area contributed by atoms with Gasteiger partial charge in [0.05, 0.1) is 12.6 Å². The second-order valence-electron chi connectivity index (χ2n) is 5.47. The monoisotopic (exact) mass is 250 g/mol. The first-order valence-electron chi connectivity index (χ1n) is 7.14. The van der Waals surface area contributed by atoms with Crippen LogP contribution in [-0.2, 0) is 19.4 Å². The minimum atomic E-state index is -0.242. The highest BCUT2D eigenvalue weighted by Crippen LogP contribution is 2.14. The van der Waals surface area contributed by atoms with Crippen molar-refractivity contribution < 1.29 is 5.11 Å². The van der Waals surface area contributed by atoms with Gasteiger partial charge in [0.15, 0.2) is 5.82 Å². The topological polar surface area (TPSA) is 54.2 Å². The fourth-order valence-corrected chi connectivity index (χ4v) is 2.89. The Kier molecular flexibility index (Phi) is 3.61. The predicted molar refractivity (Wildman–Crippen MR) is 68.3 cm³/mol. The van der Waals surface area contributed by atoms with Gasteiger partial charge in [-0.3, -0.25) is 0 Å². The third-order valence-electron chi connectivity index (χ3n) is 3.98. The van der Waals surface area contributed by atoms with E-state index in [2.05, 4.69) is 15.0 Å².